The molecule has 1 N–H and O–H groups in total. The maximum absolute atomic E-state index is 13.0. The Balaban J connectivity index is 1.95. The summed E-state index contributed by atoms with van der Waals surface area (Å²) in [5.74, 6) is -3.40. The summed E-state index contributed by atoms with van der Waals surface area (Å²) in [4.78, 5) is 23.1. The van der Waals surface area contributed by atoms with Gasteiger partial charge in [-0.25, -0.2) is 8.78 Å². The second-order valence-electron chi connectivity index (χ2n) is 5.16. The van der Waals surface area contributed by atoms with Crippen LogP contribution in [0.4, 0.5) is 8.78 Å². The molecule has 1 aliphatic rings. The lowest BCUT2D eigenvalue weighted by atomic mass is 9.86. The number of hydrogen-bond donors (Lipinski definition) is 1. The number of aldehydes is 1. The largest absolute Gasteiger partial charge is 0.342 e. The van der Waals surface area contributed by atoms with Crippen molar-refractivity contribution >= 4 is 12.2 Å². The summed E-state index contributed by atoms with van der Waals surface area (Å²) in [5.41, 5.74) is 0.692. The second kappa shape index (κ2) is 6.11. The van der Waals surface area contributed by atoms with Crippen LogP contribution in [0.15, 0.2) is 30.3 Å². The molecule has 1 amide bonds. The fraction of sp³-hybridized carbons (Fsp3) is 0.467. The molecule has 0 heterocycles. The smallest absolute Gasteiger partial charge is 0.248 e. The van der Waals surface area contributed by atoms with Crippen molar-refractivity contribution in [3.05, 3.63) is 35.9 Å². The molecule has 1 fully saturated rings. The van der Waals surface area contributed by atoms with Crippen LogP contribution in [-0.2, 0) is 9.59 Å². The number of amides is 1. The minimum atomic E-state index is -2.65. The maximum atomic E-state index is 13.0. The Morgan fingerprint density at radius 3 is 2.40 bits per heavy atom. The van der Waals surface area contributed by atoms with Gasteiger partial charge in [0, 0.05) is 18.8 Å². The normalized spacial score (nSPS) is 20.1. The molecule has 1 saturated carbocycles. The molecule has 1 atom stereocenters. The summed E-state index contributed by atoms with van der Waals surface area (Å²) in [6, 6.07) is 8.14. The van der Waals surface area contributed by atoms with Gasteiger partial charge >= 0.3 is 0 Å². The lowest BCUT2D eigenvalue weighted by molar-refractivity contribution is -0.131. The van der Waals surface area contributed by atoms with E-state index in [0.717, 1.165) is 0 Å². The van der Waals surface area contributed by atoms with Gasteiger partial charge in [-0.1, -0.05) is 30.3 Å². The Morgan fingerprint density at radius 1 is 1.25 bits per heavy atom. The molecule has 0 spiro atoms. The summed E-state index contributed by atoms with van der Waals surface area (Å²) in [6.07, 6.45) is 0.466. The molecule has 5 heteroatoms. The van der Waals surface area contributed by atoms with E-state index < -0.39 is 17.9 Å². The summed E-state index contributed by atoms with van der Waals surface area (Å²) in [5, 5.41) is 2.63. The average Bonchev–Trinajstić information content (AvgIpc) is 2.45. The first-order valence-corrected chi connectivity index (χ1v) is 6.70. The zero-order valence-corrected chi connectivity index (χ0v) is 11.0. The minimum absolute atomic E-state index is 0.166. The first-order chi connectivity index (χ1) is 9.52. The fourth-order valence-corrected chi connectivity index (χ4v) is 2.43. The van der Waals surface area contributed by atoms with E-state index in [2.05, 4.69) is 5.32 Å². The second-order valence-corrected chi connectivity index (χ2v) is 5.16. The van der Waals surface area contributed by atoms with Crippen LogP contribution in [0.2, 0.25) is 0 Å². The summed E-state index contributed by atoms with van der Waals surface area (Å²) in [7, 11) is 0. The molecule has 0 radical (unpaired) electrons. The van der Waals surface area contributed by atoms with Crippen molar-refractivity contribution in [3.63, 3.8) is 0 Å². The molecule has 1 aliphatic carbocycles. The highest BCUT2D eigenvalue weighted by atomic mass is 19.3. The number of benzene rings is 1. The van der Waals surface area contributed by atoms with Crippen LogP contribution < -0.4 is 5.32 Å². The molecule has 20 heavy (non-hydrogen) atoms. The molecular weight excluding hydrogens is 264 g/mol. The van der Waals surface area contributed by atoms with Crippen LogP contribution in [0.5, 0.6) is 0 Å². The van der Waals surface area contributed by atoms with Gasteiger partial charge in [0.15, 0.2) is 0 Å². The molecule has 2 rings (SSSR count). The molecule has 0 unspecified atom stereocenters. The Labute approximate surface area is 116 Å². The Bertz CT molecular complexity index is 466. The van der Waals surface area contributed by atoms with Crippen molar-refractivity contribution in [1.82, 2.24) is 5.32 Å². The zero-order valence-electron chi connectivity index (χ0n) is 11.0. The van der Waals surface area contributed by atoms with E-state index in [1.54, 1.807) is 24.3 Å². The van der Waals surface area contributed by atoms with Gasteiger partial charge in [0.2, 0.25) is 11.8 Å². The molecule has 0 aliphatic heterocycles. The SMILES string of the molecule is O=C[C@H](NC(=O)C1CCC(F)(F)CC1)c1ccccc1. The highest BCUT2D eigenvalue weighted by Crippen LogP contribution is 2.36. The molecule has 0 bridgehead atoms. The topological polar surface area (TPSA) is 46.2 Å². The number of carbonyl (C=O) groups excluding carboxylic acids is 2. The number of halogens is 2. The van der Waals surface area contributed by atoms with Gasteiger partial charge in [0.05, 0.1) is 0 Å². The fourth-order valence-electron chi connectivity index (χ4n) is 2.43. The first-order valence-electron chi connectivity index (χ1n) is 6.70. The Hall–Kier alpha value is -1.78. The van der Waals surface area contributed by atoms with Crippen LogP contribution in [-0.4, -0.2) is 18.1 Å². The first kappa shape index (κ1) is 14.6. The summed E-state index contributed by atoms with van der Waals surface area (Å²) in [6.45, 7) is 0. The highest BCUT2D eigenvalue weighted by molar-refractivity contribution is 5.82. The quantitative estimate of drug-likeness (QED) is 0.863. The van der Waals surface area contributed by atoms with E-state index in [9.17, 15) is 18.4 Å². The van der Waals surface area contributed by atoms with Gasteiger partial charge in [-0.2, -0.15) is 0 Å². The standard InChI is InChI=1S/C15H17F2NO2/c16-15(17)8-6-12(7-9-15)14(20)18-13(10-19)11-4-2-1-3-5-11/h1-5,10,12-13H,6-9H2,(H,18,20)/t13-/m0/s1. The zero-order chi connectivity index (χ0) is 14.6. The lowest BCUT2D eigenvalue weighted by Crippen LogP contribution is -2.38. The maximum Gasteiger partial charge on any atom is 0.248 e. The molecular formula is C15H17F2NO2. The van der Waals surface area contributed by atoms with Gasteiger partial charge in [-0.15, -0.1) is 0 Å². The van der Waals surface area contributed by atoms with Crippen molar-refractivity contribution in [2.45, 2.75) is 37.6 Å². The minimum Gasteiger partial charge on any atom is -0.342 e. The third kappa shape index (κ3) is 3.62. The predicted octanol–water partition coefficient (Wildman–Crippen LogP) is 2.87. The molecule has 3 nitrogen and oxygen atoms in total. The van der Waals surface area contributed by atoms with Crippen LogP contribution in [0.25, 0.3) is 0 Å². The van der Waals surface area contributed by atoms with E-state index in [0.29, 0.717) is 11.8 Å². The van der Waals surface area contributed by atoms with Crippen molar-refractivity contribution in [3.8, 4) is 0 Å². The van der Waals surface area contributed by atoms with E-state index in [-0.39, 0.29) is 31.6 Å². The van der Waals surface area contributed by atoms with Crippen LogP contribution in [0.3, 0.4) is 0 Å². The van der Waals surface area contributed by atoms with Crippen LogP contribution in [0.1, 0.15) is 37.3 Å². The third-order valence-electron chi connectivity index (χ3n) is 3.68. The lowest BCUT2D eigenvalue weighted by Gasteiger charge is -2.28. The third-order valence-corrected chi connectivity index (χ3v) is 3.68. The van der Waals surface area contributed by atoms with Crippen molar-refractivity contribution in [2.24, 2.45) is 5.92 Å². The number of carbonyl (C=O) groups is 2. The molecule has 108 valence electrons. The van der Waals surface area contributed by atoms with E-state index in [4.69, 9.17) is 0 Å². The predicted molar refractivity (Wildman–Crippen MR) is 70.3 cm³/mol. The van der Waals surface area contributed by atoms with Gasteiger partial charge in [0.1, 0.15) is 12.3 Å². The van der Waals surface area contributed by atoms with Gasteiger partial charge in [-0.3, -0.25) is 4.79 Å². The Morgan fingerprint density at radius 2 is 1.85 bits per heavy atom. The van der Waals surface area contributed by atoms with E-state index >= 15 is 0 Å². The number of hydrogen-bond acceptors (Lipinski definition) is 2. The molecule has 1 aromatic rings. The number of alkyl halides is 2. The average molecular weight is 281 g/mol. The molecule has 1 aromatic carbocycles. The van der Waals surface area contributed by atoms with Crippen molar-refractivity contribution < 1.29 is 18.4 Å². The molecule has 0 aromatic heterocycles. The van der Waals surface area contributed by atoms with Gasteiger partial charge < -0.3 is 10.1 Å². The molecule has 0 saturated heterocycles. The van der Waals surface area contributed by atoms with E-state index in [1.165, 1.54) is 0 Å². The monoisotopic (exact) mass is 281 g/mol. The number of rotatable bonds is 4. The van der Waals surface area contributed by atoms with Crippen molar-refractivity contribution in [2.75, 3.05) is 0 Å². The van der Waals surface area contributed by atoms with Gasteiger partial charge in [-0.05, 0) is 18.4 Å². The Kier molecular flexibility index (Phi) is 4.47. The summed E-state index contributed by atoms with van der Waals surface area (Å²) < 4.78 is 26.1. The van der Waals surface area contributed by atoms with Crippen molar-refractivity contribution in [1.29, 1.82) is 0 Å². The van der Waals surface area contributed by atoms with E-state index in [1.807, 2.05) is 6.07 Å². The number of nitrogens with one attached hydrogen (secondary N) is 1. The van der Waals surface area contributed by atoms with Crippen LogP contribution in [0, 0.1) is 5.92 Å². The van der Waals surface area contributed by atoms with Gasteiger partial charge in [0.25, 0.3) is 0 Å². The summed E-state index contributed by atoms with van der Waals surface area (Å²) >= 11 is 0. The highest BCUT2D eigenvalue weighted by Gasteiger charge is 2.37. The van der Waals surface area contributed by atoms with Crippen LogP contribution >= 0.6 is 0 Å².